The number of hydrogen-bond acceptors (Lipinski definition) is 4. The van der Waals surface area contributed by atoms with Crippen molar-refractivity contribution in [1.82, 2.24) is 9.80 Å². The molecule has 1 aliphatic heterocycles. The van der Waals surface area contributed by atoms with E-state index in [0.717, 1.165) is 28.0 Å². The van der Waals surface area contributed by atoms with Gasteiger partial charge >= 0.3 is 18.1 Å². The largest absolute Gasteiger partial charge is 0.471 e. The van der Waals surface area contributed by atoms with Gasteiger partial charge in [-0.05, 0) is 69.7 Å². The Hall–Kier alpha value is -3.13. The fourth-order valence-electron chi connectivity index (χ4n) is 5.55. The average Bonchev–Trinajstić information content (AvgIpc) is 3.68. The lowest BCUT2D eigenvalue weighted by atomic mass is 10.00. The number of esters is 1. The number of ether oxygens (including phenoxy) is 1. The van der Waals surface area contributed by atoms with Crippen LogP contribution in [0.5, 0.6) is 0 Å². The van der Waals surface area contributed by atoms with E-state index in [2.05, 4.69) is 11.0 Å². The van der Waals surface area contributed by atoms with Crippen LogP contribution in [0.1, 0.15) is 74.9 Å². The van der Waals surface area contributed by atoms with Crippen molar-refractivity contribution < 1.29 is 27.5 Å². The molecular weight excluding hydrogens is 517 g/mol. The number of likely N-dealkylation sites (tertiary alicyclic amines) is 1. The number of halogens is 3. The van der Waals surface area contributed by atoms with Crippen LogP contribution >= 0.6 is 0 Å². The van der Waals surface area contributed by atoms with E-state index in [1.165, 1.54) is 0 Å². The maximum atomic E-state index is 13.7. The zero-order valence-corrected chi connectivity index (χ0v) is 23.7. The minimum atomic E-state index is -4.89. The van der Waals surface area contributed by atoms with Crippen LogP contribution in [0.2, 0.25) is 0 Å². The Morgan fingerprint density at radius 2 is 1.62 bits per heavy atom. The van der Waals surface area contributed by atoms with Gasteiger partial charge in [-0.1, -0.05) is 61.0 Å². The van der Waals surface area contributed by atoms with Crippen LogP contribution in [0.3, 0.4) is 0 Å². The number of carbonyl (C=O) groups excluding carboxylic acids is 2. The molecule has 0 N–H and O–H groups in total. The Morgan fingerprint density at radius 1 is 1.00 bits per heavy atom. The molecule has 2 aliphatic rings. The summed E-state index contributed by atoms with van der Waals surface area (Å²) < 4.78 is 46.5. The second-order valence-corrected chi connectivity index (χ2v) is 11.8. The third kappa shape index (κ3) is 7.74. The monoisotopic (exact) mass is 556 g/mol. The van der Waals surface area contributed by atoms with E-state index in [-0.39, 0.29) is 11.9 Å². The third-order valence-electron chi connectivity index (χ3n) is 7.57. The first-order valence-corrected chi connectivity index (χ1v) is 14.1. The smallest absolute Gasteiger partial charge is 0.456 e. The number of benzene rings is 2. The van der Waals surface area contributed by atoms with Gasteiger partial charge in [0.2, 0.25) is 0 Å². The van der Waals surface area contributed by atoms with Crippen LogP contribution in [0, 0.1) is 5.92 Å². The highest BCUT2D eigenvalue weighted by molar-refractivity contribution is 5.89. The number of amides is 1. The van der Waals surface area contributed by atoms with Gasteiger partial charge in [0, 0.05) is 37.6 Å². The minimum Gasteiger partial charge on any atom is -0.456 e. The van der Waals surface area contributed by atoms with Crippen molar-refractivity contribution in [3.63, 3.8) is 0 Å². The van der Waals surface area contributed by atoms with Gasteiger partial charge in [-0.3, -0.25) is 9.69 Å². The first-order chi connectivity index (χ1) is 18.9. The minimum absolute atomic E-state index is 0.0435. The molecular formula is C32H39F3N2O3. The lowest BCUT2D eigenvalue weighted by Gasteiger charge is -2.39. The number of piperidine rings is 1. The van der Waals surface area contributed by atoms with Gasteiger partial charge in [0.15, 0.2) is 0 Å². The third-order valence-corrected chi connectivity index (χ3v) is 7.57. The van der Waals surface area contributed by atoms with Crippen LogP contribution in [0.15, 0.2) is 60.2 Å². The van der Waals surface area contributed by atoms with Crippen molar-refractivity contribution in [2.75, 3.05) is 13.1 Å². The maximum Gasteiger partial charge on any atom is 0.471 e. The highest BCUT2D eigenvalue weighted by Crippen LogP contribution is 2.46. The molecule has 2 aromatic rings. The standard InChI is InChI=1S/C32H39F3N2O3/c1-5-24(19-22-9-7-6-8-10-22)27-20-28(27)37(30(39)32(33,34)35)26-15-17-36(18-16-26)21-23-11-13-25(14-12-23)29(38)40-31(2,3)4/h6-14,19,26-28H,5,15-18,20-21H2,1-4H3/b24-19+/t27-,28+/m0/s1. The fourth-order valence-corrected chi connectivity index (χ4v) is 5.55. The van der Waals surface area contributed by atoms with Crippen LogP contribution in [-0.4, -0.2) is 58.6 Å². The number of rotatable bonds is 8. The van der Waals surface area contributed by atoms with E-state index in [4.69, 9.17) is 4.74 Å². The highest BCUT2D eigenvalue weighted by Gasteiger charge is 2.54. The van der Waals surface area contributed by atoms with Gasteiger partial charge in [-0.2, -0.15) is 13.2 Å². The summed E-state index contributed by atoms with van der Waals surface area (Å²) in [6.45, 7) is 9.29. The molecule has 0 spiro atoms. The van der Waals surface area contributed by atoms with E-state index >= 15 is 0 Å². The zero-order chi connectivity index (χ0) is 29.1. The van der Waals surface area contributed by atoms with E-state index < -0.39 is 29.8 Å². The van der Waals surface area contributed by atoms with Gasteiger partial charge in [0.1, 0.15) is 5.60 Å². The number of alkyl halides is 3. The Balaban J connectivity index is 1.39. The maximum absolute atomic E-state index is 13.7. The summed E-state index contributed by atoms with van der Waals surface area (Å²) in [7, 11) is 0. The molecule has 0 unspecified atom stereocenters. The molecule has 40 heavy (non-hydrogen) atoms. The average molecular weight is 557 g/mol. The predicted molar refractivity (Wildman–Crippen MR) is 149 cm³/mol. The second kappa shape index (κ2) is 12.2. The van der Waals surface area contributed by atoms with Crippen molar-refractivity contribution in [3.8, 4) is 0 Å². The molecule has 1 saturated heterocycles. The topological polar surface area (TPSA) is 49.9 Å². The van der Waals surface area contributed by atoms with Crippen LogP contribution in [-0.2, 0) is 16.1 Å². The molecule has 2 aromatic carbocycles. The van der Waals surface area contributed by atoms with E-state index in [1.54, 1.807) is 12.1 Å². The Labute approximate surface area is 235 Å². The Kier molecular flexibility index (Phi) is 9.08. The lowest BCUT2D eigenvalue weighted by Crippen LogP contribution is -2.52. The SMILES string of the molecule is CC/C(=C\c1ccccc1)[C@@H]1C[C@H]1N(C(=O)C(F)(F)F)C1CCN(Cc2ccc(C(=O)OC(C)(C)C)cc2)CC1. The van der Waals surface area contributed by atoms with Crippen LogP contribution in [0.25, 0.3) is 6.08 Å². The zero-order valence-electron chi connectivity index (χ0n) is 23.7. The van der Waals surface area contributed by atoms with Crippen molar-refractivity contribution in [1.29, 1.82) is 0 Å². The first kappa shape index (κ1) is 29.8. The highest BCUT2D eigenvalue weighted by atomic mass is 19.4. The van der Waals surface area contributed by atoms with Gasteiger partial charge in [-0.25, -0.2) is 4.79 Å². The molecule has 8 heteroatoms. The number of carbonyl (C=O) groups is 2. The van der Waals surface area contributed by atoms with Crippen LogP contribution in [0.4, 0.5) is 13.2 Å². The van der Waals surface area contributed by atoms with Crippen molar-refractivity contribution in [3.05, 3.63) is 76.9 Å². The van der Waals surface area contributed by atoms with E-state index in [1.807, 2.05) is 70.2 Å². The van der Waals surface area contributed by atoms with Crippen molar-refractivity contribution in [2.45, 2.75) is 83.8 Å². The molecule has 2 atom stereocenters. The van der Waals surface area contributed by atoms with Crippen LogP contribution < -0.4 is 0 Å². The molecule has 0 aromatic heterocycles. The summed E-state index contributed by atoms with van der Waals surface area (Å²) in [6.07, 6.45) is -0.559. The quantitative estimate of drug-likeness (QED) is 0.333. The van der Waals surface area contributed by atoms with Gasteiger partial charge < -0.3 is 9.64 Å². The van der Waals surface area contributed by atoms with Gasteiger partial charge in [-0.15, -0.1) is 0 Å². The second-order valence-electron chi connectivity index (χ2n) is 11.8. The summed E-state index contributed by atoms with van der Waals surface area (Å²) in [5, 5.41) is 0. The van der Waals surface area contributed by atoms with Gasteiger partial charge in [0.25, 0.3) is 0 Å². The molecule has 0 radical (unpaired) electrons. The molecule has 1 amide bonds. The summed E-state index contributed by atoms with van der Waals surface area (Å²) in [4.78, 5) is 28.3. The Bertz CT molecular complexity index is 1190. The van der Waals surface area contributed by atoms with Gasteiger partial charge in [0.05, 0.1) is 5.56 Å². The first-order valence-electron chi connectivity index (χ1n) is 14.1. The van der Waals surface area contributed by atoms with Crippen molar-refractivity contribution in [2.24, 2.45) is 5.92 Å². The molecule has 1 saturated carbocycles. The molecule has 5 nitrogen and oxygen atoms in total. The summed E-state index contributed by atoms with van der Waals surface area (Å²) in [5.41, 5.74) is 3.02. The molecule has 4 rings (SSSR count). The fraction of sp³-hybridized carbons (Fsp3) is 0.500. The molecule has 1 aliphatic carbocycles. The molecule has 1 heterocycles. The lowest BCUT2D eigenvalue weighted by molar-refractivity contribution is -0.189. The normalized spacial score (nSPS) is 20.7. The molecule has 0 bridgehead atoms. The van der Waals surface area contributed by atoms with Crippen molar-refractivity contribution >= 4 is 18.0 Å². The van der Waals surface area contributed by atoms with E-state index in [9.17, 15) is 22.8 Å². The molecule has 216 valence electrons. The summed E-state index contributed by atoms with van der Waals surface area (Å²) in [6, 6.07) is 16.1. The summed E-state index contributed by atoms with van der Waals surface area (Å²) >= 11 is 0. The number of hydrogen-bond donors (Lipinski definition) is 0. The van der Waals surface area contributed by atoms with E-state index in [0.29, 0.717) is 44.5 Å². The summed E-state index contributed by atoms with van der Waals surface area (Å²) in [5.74, 6) is -2.14. The molecule has 2 fully saturated rings. The number of nitrogens with zero attached hydrogens (tertiary/aromatic N) is 2. The Morgan fingerprint density at radius 3 is 2.17 bits per heavy atom. The predicted octanol–water partition coefficient (Wildman–Crippen LogP) is 6.88.